The smallest absolute Gasteiger partial charge is 0.163 e. The van der Waals surface area contributed by atoms with Crippen LogP contribution in [0.1, 0.15) is 5.69 Å². The van der Waals surface area contributed by atoms with Crippen molar-refractivity contribution in [2.75, 3.05) is 0 Å². The third-order valence-corrected chi connectivity index (χ3v) is 3.04. The number of rotatable bonds is 2. The third kappa shape index (κ3) is 2.25. The molecule has 2 aromatic heterocycles. The molecule has 20 heavy (non-hydrogen) atoms. The summed E-state index contributed by atoms with van der Waals surface area (Å²) in [5, 5.41) is 19.7. The maximum atomic E-state index is 9.00. The van der Waals surface area contributed by atoms with Crippen LogP contribution in [0.25, 0.3) is 22.5 Å². The van der Waals surface area contributed by atoms with E-state index in [4.69, 9.17) is 16.9 Å². The Morgan fingerprint density at radius 3 is 2.75 bits per heavy atom. The molecule has 0 bridgehead atoms. The lowest BCUT2D eigenvalue weighted by Crippen LogP contribution is -1.86. The van der Waals surface area contributed by atoms with Gasteiger partial charge in [-0.3, -0.25) is 4.98 Å². The van der Waals surface area contributed by atoms with Gasteiger partial charge in [-0.1, -0.05) is 35.0 Å². The van der Waals surface area contributed by atoms with E-state index in [0.717, 1.165) is 16.8 Å². The zero-order valence-corrected chi connectivity index (χ0v) is 11.0. The van der Waals surface area contributed by atoms with Crippen LogP contribution in [0.15, 0.2) is 42.6 Å². The van der Waals surface area contributed by atoms with Gasteiger partial charge in [0.1, 0.15) is 11.8 Å². The molecule has 1 aromatic carbocycles. The van der Waals surface area contributed by atoms with Gasteiger partial charge in [-0.25, -0.2) is 5.10 Å². The SMILES string of the molecule is N#Cc1[nH]nnc1-c1cccc(-c2ccc(Cl)cn2)c1. The number of hydrogen-bond acceptors (Lipinski definition) is 4. The molecule has 3 rings (SSSR count). The van der Waals surface area contributed by atoms with Crippen LogP contribution >= 0.6 is 11.6 Å². The molecule has 0 aliphatic carbocycles. The second-order valence-corrected chi connectivity index (χ2v) is 4.53. The van der Waals surface area contributed by atoms with Crippen LogP contribution in [-0.4, -0.2) is 20.4 Å². The minimum atomic E-state index is 0.339. The number of halogens is 1. The van der Waals surface area contributed by atoms with Crippen LogP contribution in [0.2, 0.25) is 5.02 Å². The van der Waals surface area contributed by atoms with Crippen LogP contribution < -0.4 is 0 Å². The molecular weight excluding hydrogens is 274 g/mol. The number of H-pyrrole nitrogens is 1. The Kier molecular flexibility index (Phi) is 3.15. The first-order valence-corrected chi connectivity index (χ1v) is 6.19. The van der Waals surface area contributed by atoms with Crippen LogP contribution in [-0.2, 0) is 0 Å². The normalized spacial score (nSPS) is 10.2. The van der Waals surface area contributed by atoms with Gasteiger partial charge in [-0.05, 0) is 18.2 Å². The highest BCUT2D eigenvalue weighted by Gasteiger charge is 2.10. The van der Waals surface area contributed by atoms with Crippen molar-refractivity contribution >= 4 is 11.6 Å². The van der Waals surface area contributed by atoms with E-state index in [2.05, 4.69) is 20.4 Å². The van der Waals surface area contributed by atoms with Crippen molar-refractivity contribution in [3.05, 3.63) is 53.3 Å². The fourth-order valence-corrected chi connectivity index (χ4v) is 1.99. The van der Waals surface area contributed by atoms with Gasteiger partial charge in [-0.2, -0.15) is 5.26 Å². The monoisotopic (exact) mass is 281 g/mol. The van der Waals surface area contributed by atoms with Gasteiger partial charge < -0.3 is 0 Å². The number of hydrogen-bond donors (Lipinski definition) is 1. The third-order valence-electron chi connectivity index (χ3n) is 2.82. The fraction of sp³-hybridized carbons (Fsp3) is 0. The Hall–Kier alpha value is -2.71. The average molecular weight is 282 g/mol. The molecule has 0 spiro atoms. The Labute approximate surface area is 119 Å². The lowest BCUT2D eigenvalue weighted by atomic mass is 10.0. The highest BCUT2D eigenvalue weighted by atomic mass is 35.5. The topological polar surface area (TPSA) is 78.2 Å². The molecule has 0 radical (unpaired) electrons. The van der Waals surface area contributed by atoms with E-state index in [-0.39, 0.29) is 0 Å². The van der Waals surface area contributed by atoms with Crippen LogP contribution in [0.4, 0.5) is 0 Å². The van der Waals surface area contributed by atoms with Crippen molar-refractivity contribution in [3.63, 3.8) is 0 Å². The second-order valence-electron chi connectivity index (χ2n) is 4.09. The molecule has 0 aliphatic rings. The fourth-order valence-electron chi connectivity index (χ4n) is 1.88. The Morgan fingerprint density at radius 1 is 1.15 bits per heavy atom. The van der Waals surface area contributed by atoms with E-state index < -0.39 is 0 Å². The van der Waals surface area contributed by atoms with Crippen LogP contribution in [0.3, 0.4) is 0 Å². The van der Waals surface area contributed by atoms with Crippen molar-refractivity contribution in [2.45, 2.75) is 0 Å². The van der Waals surface area contributed by atoms with E-state index in [1.54, 1.807) is 12.3 Å². The molecule has 2 heterocycles. The highest BCUT2D eigenvalue weighted by Crippen LogP contribution is 2.25. The Morgan fingerprint density at radius 2 is 2.00 bits per heavy atom. The van der Waals surface area contributed by atoms with Crippen molar-refractivity contribution < 1.29 is 0 Å². The second kappa shape index (κ2) is 5.11. The molecule has 6 heteroatoms. The number of benzene rings is 1. The first-order valence-electron chi connectivity index (χ1n) is 5.81. The van der Waals surface area contributed by atoms with E-state index >= 15 is 0 Å². The molecule has 96 valence electrons. The molecule has 0 saturated heterocycles. The molecule has 1 N–H and O–H groups in total. The summed E-state index contributed by atoms with van der Waals surface area (Å²) in [5.41, 5.74) is 3.41. The summed E-state index contributed by atoms with van der Waals surface area (Å²) in [7, 11) is 0. The maximum Gasteiger partial charge on any atom is 0.163 e. The average Bonchev–Trinajstić information content (AvgIpc) is 2.96. The van der Waals surface area contributed by atoms with Gasteiger partial charge in [0.15, 0.2) is 5.69 Å². The van der Waals surface area contributed by atoms with Gasteiger partial charge in [0.05, 0.1) is 10.7 Å². The van der Waals surface area contributed by atoms with E-state index in [9.17, 15) is 0 Å². The standard InChI is InChI=1S/C14H8ClN5/c15-11-4-5-12(17-8-11)9-2-1-3-10(6-9)14-13(7-16)18-20-19-14/h1-6,8H,(H,18,19,20). The zero-order valence-electron chi connectivity index (χ0n) is 10.2. The Bertz CT molecular complexity index is 786. The van der Waals surface area contributed by atoms with Crippen molar-refractivity contribution in [3.8, 4) is 28.6 Å². The van der Waals surface area contributed by atoms with Gasteiger partial charge in [0.2, 0.25) is 0 Å². The highest BCUT2D eigenvalue weighted by molar-refractivity contribution is 6.30. The van der Waals surface area contributed by atoms with Crippen molar-refractivity contribution in [2.24, 2.45) is 0 Å². The minimum Gasteiger partial charge on any atom is -0.255 e. The largest absolute Gasteiger partial charge is 0.255 e. The van der Waals surface area contributed by atoms with Gasteiger partial charge in [-0.15, -0.1) is 5.10 Å². The summed E-state index contributed by atoms with van der Waals surface area (Å²) in [6.07, 6.45) is 1.60. The van der Waals surface area contributed by atoms with Crippen LogP contribution in [0.5, 0.6) is 0 Å². The molecule has 0 unspecified atom stereocenters. The first-order chi connectivity index (χ1) is 9.78. The molecule has 0 saturated carbocycles. The quantitative estimate of drug-likeness (QED) is 0.783. The summed E-state index contributed by atoms with van der Waals surface area (Å²) in [5.74, 6) is 0. The molecule has 0 fully saturated rings. The molecule has 0 atom stereocenters. The molecule has 0 amide bonds. The summed E-state index contributed by atoms with van der Waals surface area (Å²) in [6, 6.07) is 13.3. The molecule has 3 aromatic rings. The zero-order chi connectivity index (χ0) is 13.9. The summed E-state index contributed by atoms with van der Waals surface area (Å²) >= 11 is 5.83. The van der Waals surface area contributed by atoms with Gasteiger partial charge >= 0.3 is 0 Å². The van der Waals surface area contributed by atoms with E-state index in [0.29, 0.717) is 16.4 Å². The number of nitriles is 1. The van der Waals surface area contributed by atoms with Crippen molar-refractivity contribution in [1.29, 1.82) is 5.26 Å². The Balaban J connectivity index is 2.06. The molecular formula is C14H8ClN5. The predicted molar refractivity (Wildman–Crippen MR) is 74.8 cm³/mol. The van der Waals surface area contributed by atoms with E-state index in [1.165, 1.54) is 0 Å². The van der Waals surface area contributed by atoms with Crippen LogP contribution in [0, 0.1) is 11.3 Å². The molecule has 0 aliphatic heterocycles. The molecule has 5 nitrogen and oxygen atoms in total. The predicted octanol–water partition coefficient (Wildman–Crippen LogP) is 3.06. The maximum absolute atomic E-state index is 9.00. The van der Waals surface area contributed by atoms with Gasteiger partial charge in [0.25, 0.3) is 0 Å². The number of nitrogens with one attached hydrogen (secondary N) is 1. The number of nitrogens with zero attached hydrogens (tertiary/aromatic N) is 4. The first kappa shape index (κ1) is 12.3. The van der Waals surface area contributed by atoms with E-state index in [1.807, 2.05) is 36.4 Å². The number of aromatic amines is 1. The summed E-state index contributed by atoms with van der Waals surface area (Å²) in [6.45, 7) is 0. The summed E-state index contributed by atoms with van der Waals surface area (Å²) in [4.78, 5) is 4.27. The van der Waals surface area contributed by atoms with Crippen molar-refractivity contribution in [1.82, 2.24) is 20.4 Å². The lowest BCUT2D eigenvalue weighted by molar-refractivity contribution is 0.937. The number of aromatic nitrogens is 4. The number of pyridine rings is 1. The van der Waals surface area contributed by atoms with Gasteiger partial charge in [0, 0.05) is 17.3 Å². The lowest BCUT2D eigenvalue weighted by Gasteiger charge is -2.03. The summed E-state index contributed by atoms with van der Waals surface area (Å²) < 4.78 is 0. The minimum absolute atomic E-state index is 0.339.